The summed E-state index contributed by atoms with van der Waals surface area (Å²) in [6.07, 6.45) is 2.07. The van der Waals surface area contributed by atoms with Gasteiger partial charge in [0.15, 0.2) is 0 Å². The minimum atomic E-state index is -0.459. The highest BCUT2D eigenvalue weighted by molar-refractivity contribution is 6.35. The summed E-state index contributed by atoms with van der Waals surface area (Å²) in [6, 6.07) is 5.39. The van der Waals surface area contributed by atoms with Gasteiger partial charge in [-0.05, 0) is 18.6 Å². The van der Waals surface area contributed by atoms with Crippen molar-refractivity contribution in [3.05, 3.63) is 33.6 Å². The first kappa shape index (κ1) is 11.9. The maximum Gasteiger partial charge on any atom is 0.349 e. The lowest BCUT2D eigenvalue weighted by atomic mass is 10.2. The predicted molar refractivity (Wildman–Crippen MR) is 68.7 cm³/mol. The van der Waals surface area contributed by atoms with Gasteiger partial charge in [-0.15, -0.1) is 0 Å². The Hall–Kier alpha value is -1.55. The Labute approximate surface area is 104 Å². The quantitative estimate of drug-likeness (QED) is 0.850. The molecule has 0 aliphatic carbocycles. The molecule has 0 saturated heterocycles. The summed E-state index contributed by atoms with van der Waals surface area (Å²) in [6.45, 7) is 2.82. The van der Waals surface area contributed by atoms with Gasteiger partial charge in [0.2, 0.25) is 0 Å². The number of rotatable bonds is 4. The van der Waals surface area contributed by atoms with Crippen LogP contribution < -0.4 is 10.9 Å². The molecule has 0 fully saturated rings. The molecule has 0 radical (unpaired) electrons. The minimum absolute atomic E-state index is 0.248. The zero-order valence-corrected chi connectivity index (χ0v) is 10.3. The third-order valence-electron chi connectivity index (χ3n) is 2.41. The Morgan fingerprint density at radius 1 is 1.47 bits per heavy atom. The number of fused-ring (bicyclic) bond motifs is 1. The molecule has 0 amide bonds. The number of nitrogens with one attached hydrogen (secondary N) is 1. The monoisotopic (exact) mass is 252 g/mol. The van der Waals surface area contributed by atoms with E-state index in [4.69, 9.17) is 16.0 Å². The van der Waals surface area contributed by atoms with Crippen molar-refractivity contribution in [1.29, 1.82) is 0 Å². The van der Waals surface area contributed by atoms with E-state index < -0.39 is 5.63 Å². The fourth-order valence-electron chi connectivity index (χ4n) is 1.53. The van der Waals surface area contributed by atoms with Crippen LogP contribution in [0.1, 0.15) is 19.8 Å². The molecular formula is C12H13ClN2O2. The molecule has 1 aromatic heterocycles. The summed E-state index contributed by atoms with van der Waals surface area (Å²) < 4.78 is 5.06. The third kappa shape index (κ3) is 2.58. The first-order valence-electron chi connectivity index (χ1n) is 5.55. The first-order valence-corrected chi connectivity index (χ1v) is 5.93. The number of anilines is 1. The Kier molecular flexibility index (Phi) is 3.64. The number of nitrogens with zero attached hydrogens (tertiary/aromatic N) is 1. The van der Waals surface area contributed by atoms with Crippen molar-refractivity contribution < 1.29 is 4.42 Å². The van der Waals surface area contributed by atoms with Crippen LogP contribution in [0.5, 0.6) is 0 Å². The van der Waals surface area contributed by atoms with E-state index in [1.54, 1.807) is 18.2 Å². The van der Waals surface area contributed by atoms with Crippen molar-refractivity contribution in [2.75, 3.05) is 11.9 Å². The fourth-order valence-corrected chi connectivity index (χ4v) is 1.77. The Bertz CT molecular complexity index is 580. The van der Waals surface area contributed by atoms with E-state index in [0.717, 1.165) is 19.4 Å². The van der Waals surface area contributed by atoms with Crippen LogP contribution in [0.2, 0.25) is 5.02 Å². The minimum Gasteiger partial charge on any atom is -0.389 e. The maximum atomic E-state index is 11.7. The average molecular weight is 253 g/mol. The summed E-state index contributed by atoms with van der Waals surface area (Å²) in [5, 5.41) is 3.67. The van der Waals surface area contributed by atoms with Gasteiger partial charge in [-0.1, -0.05) is 31.0 Å². The van der Waals surface area contributed by atoms with E-state index in [2.05, 4.69) is 17.2 Å². The van der Waals surface area contributed by atoms with Crippen LogP contribution in [0, 0.1) is 0 Å². The SMILES string of the molecule is CCCCNc1nc2cccc(Cl)c2c(=O)o1. The molecule has 0 bridgehead atoms. The van der Waals surface area contributed by atoms with E-state index >= 15 is 0 Å². The van der Waals surface area contributed by atoms with Crippen LogP contribution >= 0.6 is 11.6 Å². The summed E-state index contributed by atoms with van der Waals surface area (Å²) in [4.78, 5) is 15.9. The van der Waals surface area contributed by atoms with E-state index in [1.807, 2.05) is 0 Å². The lowest BCUT2D eigenvalue weighted by Crippen LogP contribution is -2.09. The largest absolute Gasteiger partial charge is 0.389 e. The molecule has 0 unspecified atom stereocenters. The Morgan fingerprint density at radius 2 is 2.29 bits per heavy atom. The molecular weight excluding hydrogens is 240 g/mol. The predicted octanol–water partition coefficient (Wildman–Crippen LogP) is 3.05. The van der Waals surface area contributed by atoms with E-state index in [0.29, 0.717) is 15.9 Å². The van der Waals surface area contributed by atoms with Gasteiger partial charge in [-0.25, -0.2) is 4.79 Å². The fraction of sp³-hybridized carbons (Fsp3) is 0.333. The van der Waals surface area contributed by atoms with Crippen molar-refractivity contribution in [1.82, 2.24) is 4.98 Å². The smallest absolute Gasteiger partial charge is 0.349 e. The number of hydrogen-bond acceptors (Lipinski definition) is 4. The molecule has 0 spiro atoms. The van der Waals surface area contributed by atoms with E-state index in [9.17, 15) is 4.79 Å². The highest BCUT2D eigenvalue weighted by Gasteiger charge is 2.08. The Balaban J connectivity index is 2.39. The summed E-state index contributed by atoms with van der Waals surface area (Å²) in [5.41, 5.74) is 0.0901. The van der Waals surface area contributed by atoms with Gasteiger partial charge in [0.25, 0.3) is 6.01 Å². The molecule has 5 heteroatoms. The highest BCUT2D eigenvalue weighted by Crippen LogP contribution is 2.19. The van der Waals surface area contributed by atoms with Crippen molar-refractivity contribution in [2.45, 2.75) is 19.8 Å². The van der Waals surface area contributed by atoms with E-state index in [1.165, 1.54) is 0 Å². The Morgan fingerprint density at radius 3 is 3.06 bits per heavy atom. The summed E-state index contributed by atoms with van der Waals surface area (Å²) >= 11 is 5.92. The van der Waals surface area contributed by atoms with Gasteiger partial charge in [0, 0.05) is 6.54 Å². The molecule has 1 heterocycles. The van der Waals surface area contributed by atoms with Crippen molar-refractivity contribution in [3.8, 4) is 0 Å². The zero-order chi connectivity index (χ0) is 12.3. The molecule has 0 aliphatic heterocycles. The van der Waals surface area contributed by atoms with Gasteiger partial charge in [0.1, 0.15) is 5.39 Å². The van der Waals surface area contributed by atoms with Crippen molar-refractivity contribution in [2.24, 2.45) is 0 Å². The second-order valence-corrected chi connectivity index (χ2v) is 4.13. The highest BCUT2D eigenvalue weighted by atomic mass is 35.5. The molecule has 1 N–H and O–H groups in total. The molecule has 90 valence electrons. The molecule has 2 aromatic rings. The van der Waals surface area contributed by atoms with Crippen LogP contribution in [0.25, 0.3) is 10.9 Å². The van der Waals surface area contributed by atoms with Crippen LogP contribution in [-0.4, -0.2) is 11.5 Å². The lowest BCUT2D eigenvalue weighted by molar-refractivity contribution is 0.515. The van der Waals surface area contributed by atoms with Gasteiger partial charge < -0.3 is 9.73 Å². The maximum absolute atomic E-state index is 11.7. The van der Waals surface area contributed by atoms with Crippen molar-refractivity contribution in [3.63, 3.8) is 0 Å². The average Bonchev–Trinajstić information content (AvgIpc) is 2.29. The molecule has 0 aliphatic rings. The van der Waals surface area contributed by atoms with Gasteiger partial charge >= 0.3 is 5.63 Å². The van der Waals surface area contributed by atoms with Crippen LogP contribution in [0.15, 0.2) is 27.4 Å². The molecule has 0 atom stereocenters. The molecule has 2 rings (SSSR count). The number of unbranched alkanes of at least 4 members (excludes halogenated alkanes) is 1. The third-order valence-corrected chi connectivity index (χ3v) is 2.73. The second-order valence-electron chi connectivity index (χ2n) is 3.72. The van der Waals surface area contributed by atoms with Crippen LogP contribution in [0.3, 0.4) is 0 Å². The van der Waals surface area contributed by atoms with Gasteiger partial charge in [0.05, 0.1) is 10.5 Å². The molecule has 1 aromatic carbocycles. The topological polar surface area (TPSA) is 55.1 Å². The summed E-state index contributed by atoms with van der Waals surface area (Å²) in [7, 11) is 0. The number of aromatic nitrogens is 1. The first-order chi connectivity index (χ1) is 8.22. The van der Waals surface area contributed by atoms with Crippen LogP contribution in [-0.2, 0) is 0 Å². The number of benzene rings is 1. The number of hydrogen-bond donors (Lipinski definition) is 1. The van der Waals surface area contributed by atoms with Crippen molar-refractivity contribution >= 4 is 28.5 Å². The van der Waals surface area contributed by atoms with Gasteiger partial charge in [-0.2, -0.15) is 4.98 Å². The molecule has 4 nitrogen and oxygen atoms in total. The van der Waals surface area contributed by atoms with Gasteiger partial charge in [-0.3, -0.25) is 0 Å². The second kappa shape index (κ2) is 5.19. The summed E-state index contributed by atoms with van der Waals surface area (Å²) in [5.74, 6) is 0. The van der Waals surface area contributed by atoms with Crippen LogP contribution in [0.4, 0.5) is 6.01 Å². The normalized spacial score (nSPS) is 10.7. The zero-order valence-electron chi connectivity index (χ0n) is 9.50. The molecule has 0 saturated carbocycles. The molecule has 17 heavy (non-hydrogen) atoms. The number of halogens is 1. The standard InChI is InChI=1S/C12H13ClN2O2/c1-2-3-7-14-12-15-9-6-4-5-8(13)10(9)11(16)17-12/h4-6H,2-3,7H2,1H3,(H,14,15). The van der Waals surface area contributed by atoms with E-state index in [-0.39, 0.29) is 6.01 Å². The lowest BCUT2D eigenvalue weighted by Gasteiger charge is -2.04.